The van der Waals surface area contributed by atoms with Crippen molar-refractivity contribution in [2.24, 2.45) is 11.8 Å². The Hall–Kier alpha value is -0.0551. The number of hydrogen-bond acceptors (Lipinski definition) is 3. The standard InChI is InChI=1S/C13H25BO3/c1-8(2)6-10-12(15-5)11(17-13(10)14)7-16-9(3)4/h8-13H,6-7H2,1-5H3/t10?,11-,12-,13-/m1/s1. The van der Waals surface area contributed by atoms with E-state index in [0.29, 0.717) is 12.5 Å². The smallest absolute Gasteiger partial charge is 0.109 e. The molecule has 0 bridgehead atoms. The van der Waals surface area contributed by atoms with Crippen molar-refractivity contribution in [2.75, 3.05) is 13.7 Å². The van der Waals surface area contributed by atoms with Gasteiger partial charge in [0.15, 0.2) is 0 Å². The first-order valence-electron chi connectivity index (χ1n) is 6.51. The quantitative estimate of drug-likeness (QED) is 0.664. The summed E-state index contributed by atoms with van der Waals surface area (Å²) in [5.41, 5.74) is 0. The second kappa shape index (κ2) is 6.76. The Bertz CT molecular complexity index is 221. The molecule has 1 rings (SSSR count). The van der Waals surface area contributed by atoms with Gasteiger partial charge in [0.25, 0.3) is 0 Å². The van der Waals surface area contributed by atoms with Crippen LogP contribution < -0.4 is 0 Å². The third-order valence-electron chi connectivity index (χ3n) is 3.15. The second-order valence-corrected chi connectivity index (χ2v) is 5.51. The highest BCUT2D eigenvalue weighted by atomic mass is 16.6. The number of hydrogen-bond donors (Lipinski definition) is 0. The lowest BCUT2D eigenvalue weighted by Crippen LogP contribution is -2.34. The maximum Gasteiger partial charge on any atom is 0.109 e. The molecule has 3 nitrogen and oxygen atoms in total. The lowest BCUT2D eigenvalue weighted by atomic mass is 9.79. The summed E-state index contributed by atoms with van der Waals surface area (Å²) in [7, 11) is 7.76. The van der Waals surface area contributed by atoms with Gasteiger partial charge in [-0.3, -0.25) is 0 Å². The monoisotopic (exact) mass is 240 g/mol. The van der Waals surface area contributed by atoms with Gasteiger partial charge in [0.1, 0.15) is 14.0 Å². The van der Waals surface area contributed by atoms with Crippen LogP contribution in [0.3, 0.4) is 0 Å². The van der Waals surface area contributed by atoms with E-state index < -0.39 is 0 Å². The zero-order valence-electron chi connectivity index (χ0n) is 11.7. The molecule has 1 unspecified atom stereocenters. The average Bonchev–Trinajstić information content (AvgIpc) is 2.51. The van der Waals surface area contributed by atoms with Crippen LogP contribution in [0.1, 0.15) is 34.1 Å². The Balaban J connectivity index is 2.56. The molecule has 0 amide bonds. The molecular weight excluding hydrogens is 215 g/mol. The summed E-state index contributed by atoms with van der Waals surface area (Å²) in [5.74, 6) is 0.859. The van der Waals surface area contributed by atoms with Crippen molar-refractivity contribution in [1.29, 1.82) is 0 Å². The van der Waals surface area contributed by atoms with Gasteiger partial charge < -0.3 is 14.2 Å². The van der Waals surface area contributed by atoms with Crippen molar-refractivity contribution in [3.05, 3.63) is 0 Å². The minimum absolute atomic E-state index is 0.0406. The van der Waals surface area contributed by atoms with Crippen LogP contribution in [-0.4, -0.2) is 45.9 Å². The summed E-state index contributed by atoms with van der Waals surface area (Å²) in [5, 5.41) is 0. The number of ether oxygens (including phenoxy) is 3. The van der Waals surface area contributed by atoms with E-state index in [4.69, 9.17) is 22.1 Å². The summed E-state index contributed by atoms with van der Waals surface area (Å²) in [6, 6.07) is -0.233. The predicted octanol–water partition coefficient (Wildman–Crippen LogP) is 1.98. The summed E-state index contributed by atoms with van der Waals surface area (Å²) < 4.78 is 16.9. The van der Waals surface area contributed by atoms with Crippen LogP contribution in [0, 0.1) is 11.8 Å². The third kappa shape index (κ3) is 4.27. The van der Waals surface area contributed by atoms with E-state index in [1.807, 2.05) is 13.8 Å². The van der Waals surface area contributed by atoms with Gasteiger partial charge in [-0.25, -0.2) is 0 Å². The molecule has 1 saturated heterocycles. The van der Waals surface area contributed by atoms with Crippen LogP contribution in [0.15, 0.2) is 0 Å². The summed E-state index contributed by atoms with van der Waals surface area (Å²) in [6.07, 6.45) is 1.24. The first kappa shape index (κ1) is 15.0. The number of methoxy groups -OCH3 is 1. The molecule has 1 fully saturated rings. The Kier molecular flexibility index (Phi) is 5.97. The maximum atomic E-state index is 6.03. The maximum absolute atomic E-state index is 6.03. The minimum Gasteiger partial charge on any atom is -0.379 e. The van der Waals surface area contributed by atoms with Crippen molar-refractivity contribution in [3.8, 4) is 0 Å². The van der Waals surface area contributed by atoms with Gasteiger partial charge in [-0.2, -0.15) is 0 Å². The SMILES string of the molecule is [B][C@@H]1O[C@H](COC(C)C)[C@H](OC)C1CC(C)C. The van der Waals surface area contributed by atoms with E-state index in [1.165, 1.54) is 0 Å². The molecule has 0 aromatic heterocycles. The first-order chi connectivity index (χ1) is 7.95. The molecule has 0 aromatic rings. The van der Waals surface area contributed by atoms with Crippen LogP contribution in [-0.2, 0) is 14.2 Å². The van der Waals surface area contributed by atoms with Crippen LogP contribution in [0.4, 0.5) is 0 Å². The Morgan fingerprint density at radius 1 is 1.24 bits per heavy atom. The van der Waals surface area contributed by atoms with Crippen LogP contribution >= 0.6 is 0 Å². The lowest BCUT2D eigenvalue weighted by molar-refractivity contribution is -0.0584. The van der Waals surface area contributed by atoms with E-state index >= 15 is 0 Å². The summed E-state index contributed by atoms with van der Waals surface area (Å²) >= 11 is 0. The molecule has 4 atom stereocenters. The highest BCUT2D eigenvalue weighted by molar-refractivity contribution is 6.11. The van der Waals surface area contributed by atoms with Crippen molar-refractivity contribution in [1.82, 2.24) is 0 Å². The molecule has 0 aromatic carbocycles. The summed E-state index contributed by atoms with van der Waals surface area (Å²) in [4.78, 5) is 0. The number of rotatable bonds is 6. The molecule has 0 saturated carbocycles. The van der Waals surface area contributed by atoms with Gasteiger partial charge in [0, 0.05) is 19.0 Å². The van der Waals surface area contributed by atoms with E-state index in [-0.39, 0.29) is 30.2 Å². The highest BCUT2D eigenvalue weighted by Gasteiger charge is 2.42. The Labute approximate surface area is 107 Å². The van der Waals surface area contributed by atoms with Crippen molar-refractivity contribution in [3.63, 3.8) is 0 Å². The normalized spacial score (nSPS) is 33.8. The fourth-order valence-corrected chi connectivity index (χ4v) is 2.40. The first-order valence-corrected chi connectivity index (χ1v) is 6.51. The minimum atomic E-state index is -0.233. The molecule has 0 spiro atoms. The molecule has 17 heavy (non-hydrogen) atoms. The molecule has 2 radical (unpaired) electrons. The molecular formula is C13H25BO3. The molecule has 0 N–H and O–H groups in total. The van der Waals surface area contributed by atoms with Gasteiger partial charge in [-0.15, -0.1) is 0 Å². The van der Waals surface area contributed by atoms with Crippen molar-refractivity contribution >= 4 is 7.85 Å². The Morgan fingerprint density at radius 2 is 1.88 bits per heavy atom. The predicted molar refractivity (Wildman–Crippen MR) is 69.2 cm³/mol. The van der Waals surface area contributed by atoms with Gasteiger partial charge in [0.2, 0.25) is 0 Å². The molecule has 1 aliphatic heterocycles. The van der Waals surface area contributed by atoms with Crippen LogP contribution in [0.2, 0.25) is 0 Å². The van der Waals surface area contributed by atoms with E-state index in [1.54, 1.807) is 7.11 Å². The lowest BCUT2D eigenvalue weighted by Gasteiger charge is -2.24. The second-order valence-electron chi connectivity index (χ2n) is 5.51. The average molecular weight is 240 g/mol. The largest absolute Gasteiger partial charge is 0.379 e. The zero-order valence-corrected chi connectivity index (χ0v) is 11.7. The van der Waals surface area contributed by atoms with Gasteiger partial charge in [0.05, 0.1) is 18.8 Å². The highest BCUT2D eigenvalue weighted by Crippen LogP contribution is 2.32. The topological polar surface area (TPSA) is 27.7 Å². The van der Waals surface area contributed by atoms with Gasteiger partial charge >= 0.3 is 0 Å². The van der Waals surface area contributed by atoms with E-state index in [2.05, 4.69) is 13.8 Å². The molecule has 1 aliphatic rings. The van der Waals surface area contributed by atoms with Gasteiger partial charge in [-0.1, -0.05) is 13.8 Å². The van der Waals surface area contributed by atoms with Crippen LogP contribution in [0.25, 0.3) is 0 Å². The molecule has 98 valence electrons. The molecule has 1 heterocycles. The Morgan fingerprint density at radius 3 is 2.35 bits per heavy atom. The van der Waals surface area contributed by atoms with E-state index in [9.17, 15) is 0 Å². The van der Waals surface area contributed by atoms with E-state index in [0.717, 1.165) is 6.42 Å². The third-order valence-corrected chi connectivity index (χ3v) is 3.15. The van der Waals surface area contributed by atoms with Crippen molar-refractivity contribution < 1.29 is 14.2 Å². The fraction of sp³-hybridized carbons (Fsp3) is 1.00. The zero-order chi connectivity index (χ0) is 13.0. The van der Waals surface area contributed by atoms with Crippen LogP contribution in [0.5, 0.6) is 0 Å². The summed E-state index contributed by atoms with van der Waals surface area (Å²) in [6.45, 7) is 8.97. The fourth-order valence-electron chi connectivity index (χ4n) is 2.40. The molecule has 4 heteroatoms. The van der Waals surface area contributed by atoms with Crippen molar-refractivity contribution in [2.45, 2.75) is 58.4 Å². The molecule has 0 aliphatic carbocycles. The van der Waals surface area contributed by atoms with Gasteiger partial charge in [-0.05, 0) is 26.2 Å².